The molecule has 5 nitrogen and oxygen atoms in total. The first-order valence-corrected chi connectivity index (χ1v) is 7.02. The highest BCUT2D eigenvalue weighted by Gasteiger charge is 2.21. The summed E-state index contributed by atoms with van der Waals surface area (Å²) in [5.41, 5.74) is 1.88. The number of carbonyl (C=O) groups is 1. The van der Waals surface area contributed by atoms with Crippen LogP contribution in [0.25, 0.3) is 11.1 Å². The van der Waals surface area contributed by atoms with Gasteiger partial charge in [-0.2, -0.15) is 0 Å². The van der Waals surface area contributed by atoms with Gasteiger partial charge in [0.15, 0.2) is 11.5 Å². The van der Waals surface area contributed by atoms with E-state index in [0.717, 1.165) is 5.56 Å². The molecule has 0 radical (unpaired) electrons. The summed E-state index contributed by atoms with van der Waals surface area (Å²) in [6.07, 6.45) is 1.69. The molecule has 0 atom stereocenters. The Morgan fingerprint density at radius 1 is 1.38 bits per heavy atom. The van der Waals surface area contributed by atoms with E-state index in [1.165, 1.54) is 0 Å². The molecule has 2 heterocycles. The number of halogens is 1. The van der Waals surface area contributed by atoms with Gasteiger partial charge in [0.25, 0.3) is 0 Å². The summed E-state index contributed by atoms with van der Waals surface area (Å²) in [5.74, 6) is 0.725. The molecule has 110 valence electrons. The second-order valence-corrected chi connectivity index (χ2v) is 4.88. The van der Waals surface area contributed by atoms with Crippen LogP contribution in [0.1, 0.15) is 17.4 Å². The Hall–Kier alpha value is -2.14. The van der Waals surface area contributed by atoms with E-state index in [1.807, 2.05) is 6.07 Å². The number of esters is 1. The molecule has 0 amide bonds. The van der Waals surface area contributed by atoms with Crippen LogP contribution in [0, 0.1) is 0 Å². The van der Waals surface area contributed by atoms with Crippen molar-refractivity contribution in [3.63, 3.8) is 0 Å². The number of carbonyl (C=O) groups excluding carboxylic acids is 1. The fourth-order valence-corrected chi connectivity index (χ4v) is 2.51. The van der Waals surface area contributed by atoms with Crippen molar-refractivity contribution in [2.24, 2.45) is 0 Å². The van der Waals surface area contributed by atoms with Gasteiger partial charge in [0, 0.05) is 11.8 Å². The summed E-state index contributed by atoms with van der Waals surface area (Å²) < 4.78 is 16.1. The summed E-state index contributed by atoms with van der Waals surface area (Å²) in [4.78, 5) is 14.8. The van der Waals surface area contributed by atoms with Crippen LogP contribution in [0.15, 0.2) is 24.4 Å². The van der Waals surface area contributed by atoms with Crippen LogP contribution >= 0.6 is 11.6 Å². The number of aromatic amines is 1. The zero-order chi connectivity index (χ0) is 14.8. The van der Waals surface area contributed by atoms with E-state index in [0.29, 0.717) is 47.6 Å². The molecule has 1 N–H and O–H groups in total. The third-order valence-electron chi connectivity index (χ3n) is 3.13. The minimum Gasteiger partial charge on any atom is -0.486 e. The van der Waals surface area contributed by atoms with Gasteiger partial charge in [-0.1, -0.05) is 11.6 Å². The number of benzene rings is 1. The molecule has 1 aromatic heterocycles. The van der Waals surface area contributed by atoms with Gasteiger partial charge >= 0.3 is 5.97 Å². The van der Waals surface area contributed by atoms with Crippen molar-refractivity contribution in [3.8, 4) is 22.6 Å². The Morgan fingerprint density at radius 2 is 2.19 bits per heavy atom. The van der Waals surface area contributed by atoms with E-state index < -0.39 is 5.97 Å². The predicted octanol–water partition coefficient (Wildman–Crippen LogP) is 3.28. The van der Waals surface area contributed by atoms with E-state index in [9.17, 15) is 4.79 Å². The molecule has 6 heteroatoms. The van der Waals surface area contributed by atoms with Gasteiger partial charge in [0.05, 0.1) is 11.6 Å². The van der Waals surface area contributed by atoms with Gasteiger partial charge in [-0.25, -0.2) is 4.79 Å². The average molecular weight is 308 g/mol. The van der Waals surface area contributed by atoms with Gasteiger partial charge in [-0.05, 0) is 30.7 Å². The SMILES string of the molecule is CCOC(=O)c1[nH]ccc1-c1cc(Cl)c2c(c1)OCCO2. The Bertz CT molecular complexity index is 680. The molecule has 1 aromatic carbocycles. The highest BCUT2D eigenvalue weighted by Crippen LogP contribution is 2.41. The highest BCUT2D eigenvalue weighted by molar-refractivity contribution is 6.32. The molecule has 2 aromatic rings. The lowest BCUT2D eigenvalue weighted by Gasteiger charge is -2.20. The summed E-state index contributed by atoms with van der Waals surface area (Å²) in [6, 6.07) is 5.36. The average Bonchev–Trinajstić information content (AvgIpc) is 2.97. The fraction of sp³-hybridized carbons (Fsp3) is 0.267. The Kier molecular flexibility index (Phi) is 3.75. The zero-order valence-corrected chi connectivity index (χ0v) is 12.2. The van der Waals surface area contributed by atoms with Crippen LogP contribution in [0.3, 0.4) is 0 Å². The number of nitrogens with one attached hydrogen (secondary N) is 1. The standard InChI is InChI=1S/C15H14ClNO4/c1-2-19-15(18)13-10(3-4-17-13)9-7-11(16)14-12(8-9)20-5-6-21-14/h3-4,7-8,17H,2,5-6H2,1H3. The van der Waals surface area contributed by atoms with Gasteiger partial charge in [0.2, 0.25) is 0 Å². The summed E-state index contributed by atoms with van der Waals surface area (Å²) in [7, 11) is 0. The number of hydrogen-bond acceptors (Lipinski definition) is 4. The molecule has 0 bridgehead atoms. The minimum absolute atomic E-state index is 0.319. The lowest BCUT2D eigenvalue weighted by atomic mass is 10.1. The Morgan fingerprint density at radius 3 is 3.00 bits per heavy atom. The summed E-state index contributed by atoms with van der Waals surface area (Å²) in [5, 5.41) is 0.457. The van der Waals surface area contributed by atoms with E-state index in [2.05, 4.69) is 4.98 Å². The van der Waals surface area contributed by atoms with Crippen molar-refractivity contribution in [2.75, 3.05) is 19.8 Å². The maximum absolute atomic E-state index is 11.9. The molecular weight excluding hydrogens is 294 g/mol. The largest absolute Gasteiger partial charge is 0.486 e. The quantitative estimate of drug-likeness (QED) is 0.884. The van der Waals surface area contributed by atoms with Gasteiger partial charge in [-0.3, -0.25) is 0 Å². The van der Waals surface area contributed by atoms with E-state index >= 15 is 0 Å². The lowest BCUT2D eigenvalue weighted by Crippen LogP contribution is -2.15. The van der Waals surface area contributed by atoms with Crippen LogP contribution in [0.2, 0.25) is 5.02 Å². The number of ether oxygens (including phenoxy) is 3. The van der Waals surface area contributed by atoms with Gasteiger partial charge < -0.3 is 19.2 Å². The first kappa shape index (κ1) is 13.8. The molecule has 0 unspecified atom stereocenters. The monoisotopic (exact) mass is 307 g/mol. The number of aromatic nitrogens is 1. The number of rotatable bonds is 3. The van der Waals surface area contributed by atoms with Crippen molar-refractivity contribution in [3.05, 3.63) is 35.1 Å². The van der Waals surface area contributed by atoms with Crippen LogP contribution in [-0.2, 0) is 4.74 Å². The van der Waals surface area contributed by atoms with E-state index in [1.54, 1.807) is 25.3 Å². The molecular formula is C15H14ClNO4. The lowest BCUT2D eigenvalue weighted by molar-refractivity contribution is 0.0521. The van der Waals surface area contributed by atoms with Crippen LogP contribution in [0.5, 0.6) is 11.5 Å². The Balaban J connectivity index is 2.04. The highest BCUT2D eigenvalue weighted by atomic mass is 35.5. The molecule has 0 saturated heterocycles. The smallest absolute Gasteiger partial charge is 0.355 e. The van der Waals surface area contributed by atoms with Crippen LogP contribution in [-0.4, -0.2) is 30.8 Å². The van der Waals surface area contributed by atoms with E-state index in [4.69, 9.17) is 25.8 Å². The molecule has 1 aliphatic heterocycles. The fourth-order valence-electron chi connectivity index (χ4n) is 2.25. The third kappa shape index (κ3) is 2.56. The molecule has 3 rings (SSSR count). The molecule has 0 saturated carbocycles. The van der Waals surface area contributed by atoms with Crippen LogP contribution in [0.4, 0.5) is 0 Å². The maximum Gasteiger partial charge on any atom is 0.355 e. The molecule has 0 spiro atoms. The second kappa shape index (κ2) is 5.69. The summed E-state index contributed by atoms with van der Waals surface area (Å²) in [6.45, 7) is 3.04. The number of fused-ring (bicyclic) bond motifs is 1. The first-order chi connectivity index (χ1) is 10.2. The van der Waals surface area contributed by atoms with Gasteiger partial charge in [0.1, 0.15) is 18.9 Å². The molecule has 21 heavy (non-hydrogen) atoms. The number of H-pyrrole nitrogens is 1. The zero-order valence-electron chi connectivity index (χ0n) is 11.4. The molecule has 0 aliphatic carbocycles. The Labute approximate surface area is 126 Å². The van der Waals surface area contributed by atoms with Crippen molar-refractivity contribution < 1.29 is 19.0 Å². The predicted molar refractivity (Wildman–Crippen MR) is 78.2 cm³/mol. The van der Waals surface area contributed by atoms with Crippen LogP contribution < -0.4 is 9.47 Å². The van der Waals surface area contributed by atoms with Gasteiger partial charge in [-0.15, -0.1) is 0 Å². The third-order valence-corrected chi connectivity index (χ3v) is 3.42. The summed E-state index contributed by atoms with van der Waals surface area (Å²) >= 11 is 6.23. The van der Waals surface area contributed by atoms with Crippen molar-refractivity contribution in [1.29, 1.82) is 0 Å². The van der Waals surface area contributed by atoms with E-state index in [-0.39, 0.29) is 0 Å². The molecule has 0 fully saturated rings. The minimum atomic E-state index is -0.400. The normalized spacial score (nSPS) is 13.0. The van der Waals surface area contributed by atoms with Crippen molar-refractivity contribution in [1.82, 2.24) is 4.98 Å². The molecule has 1 aliphatic rings. The second-order valence-electron chi connectivity index (χ2n) is 4.47. The van der Waals surface area contributed by atoms with Crippen molar-refractivity contribution >= 4 is 17.6 Å². The maximum atomic E-state index is 11.9. The first-order valence-electron chi connectivity index (χ1n) is 6.64. The number of hydrogen-bond donors (Lipinski definition) is 1. The topological polar surface area (TPSA) is 60.6 Å². The van der Waals surface area contributed by atoms with Crippen molar-refractivity contribution in [2.45, 2.75) is 6.92 Å².